The van der Waals surface area contributed by atoms with E-state index in [9.17, 15) is 4.79 Å². The fourth-order valence-electron chi connectivity index (χ4n) is 2.28. The summed E-state index contributed by atoms with van der Waals surface area (Å²) in [7, 11) is 3.78. The number of carbonyl (C=O) groups excluding carboxylic acids is 1. The molecule has 0 amide bonds. The Balaban J connectivity index is 0.00000529. The van der Waals surface area contributed by atoms with Gasteiger partial charge in [0.05, 0.1) is 6.61 Å². The zero-order chi connectivity index (χ0) is 17.1. The molecule has 24 heavy (non-hydrogen) atoms. The Morgan fingerprint density at radius 3 is 2.38 bits per heavy atom. The van der Waals surface area contributed by atoms with Crippen LogP contribution in [0.2, 0.25) is 0 Å². The molecule has 0 bridgehead atoms. The van der Waals surface area contributed by atoms with Crippen LogP contribution in [0.1, 0.15) is 37.8 Å². The van der Waals surface area contributed by atoms with Gasteiger partial charge in [0.15, 0.2) is 5.96 Å². The molecule has 0 radical (unpaired) electrons. The molecule has 0 aliphatic carbocycles. The predicted molar refractivity (Wildman–Crippen MR) is 110 cm³/mol. The third kappa shape index (κ3) is 8.52. The summed E-state index contributed by atoms with van der Waals surface area (Å²) in [5.74, 6) is 0.682. The average Bonchev–Trinajstić information content (AvgIpc) is 2.55. The molecule has 0 aromatic heterocycles. The van der Waals surface area contributed by atoms with E-state index in [4.69, 9.17) is 4.74 Å². The Hall–Kier alpha value is -1.31. The van der Waals surface area contributed by atoms with Crippen molar-refractivity contribution in [2.75, 3.05) is 27.2 Å². The second-order valence-electron chi connectivity index (χ2n) is 5.41. The van der Waals surface area contributed by atoms with Gasteiger partial charge in [0, 0.05) is 33.6 Å². The quantitative estimate of drug-likeness (QED) is 0.219. The SMILES string of the molecule is CCOC(=O)CCCNC(=NC)N(C)Cc1ccc(CC)cc1.I. The van der Waals surface area contributed by atoms with Crippen LogP contribution in [-0.2, 0) is 22.5 Å². The van der Waals surface area contributed by atoms with Gasteiger partial charge in [0.1, 0.15) is 0 Å². The van der Waals surface area contributed by atoms with Crippen LogP contribution in [-0.4, -0.2) is 44.1 Å². The molecule has 5 nitrogen and oxygen atoms in total. The van der Waals surface area contributed by atoms with E-state index < -0.39 is 0 Å². The number of rotatable bonds is 8. The molecule has 1 N–H and O–H groups in total. The van der Waals surface area contributed by atoms with Gasteiger partial charge in [0.25, 0.3) is 0 Å². The van der Waals surface area contributed by atoms with Crippen molar-refractivity contribution in [1.82, 2.24) is 10.2 Å². The lowest BCUT2D eigenvalue weighted by Gasteiger charge is -2.22. The highest BCUT2D eigenvalue weighted by molar-refractivity contribution is 14.0. The molecule has 1 aromatic rings. The van der Waals surface area contributed by atoms with Crippen LogP contribution in [0.4, 0.5) is 0 Å². The van der Waals surface area contributed by atoms with Gasteiger partial charge >= 0.3 is 5.97 Å². The summed E-state index contributed by atoms with van der Waals surface area (Å²) < 4.78 is 4.91. The van der Waals surface area contributed by atoms with E-state index >= 15 is 0 Å². The number of ether oxygens (including phenoxy) is 1. The van der Waals surface area contributed by atoms with Crippen LogP contribution in [0.25, 0.3) is 0 Å². The van der Waals surface area contributed by atoms with E-state index in [1.807, 2.05) is 14.0 Å². The fourth-order valence-corrected chi connectivity index (χ4v) is 2.28. The molecule has 0 saturated heterocycles. The van der Waals surface area contributed by atoms with E-state index in [2.05, 4.69) is 46.4 Å². The summed E-state index contributed by atoms with van der Waals surface area (Å²) in [6.45, 7) is 5.91. The van der Waals surface area contributed by atoms with E-state index in [0.29, 0.717) is 19.6 Å². The number of carbonyl (C=O) groups is 1. The standard InChI is InChI=1S/C18H29N3O2.HI/c1-5-15-9-11-16(12-10-15)14-21(4)18(19-3)20-13-7-8-17(22)23-6-2;/h9-12H,5-8,13-14H2,1-4H3,(H,19,20);1H. The molecule has 1 rings (SSSR count). The molecule has 1 aromatic carbocycles. The molecule has 6 heteroatoms. The minimum Gasteiger partial charge on any atom is -0.466 e. The van der Waals surface area contributed by atoms with Crippen LogP contribution in [0.5, 0.6) is 0 Å². The minimum absolute atomic E-state index is 0. The molecule has 0 heterocycles. The second kappa shape index (κ2) is 13.0. The molecule has 136 valence electrons. The first kappa shape index (κ1) is 22.7. The van der Waals surface area contributed by atoms with Crippen molar-refractivity contribution in [2.24, 2.45) is 4.99 Å². The molecule has 0 aliphatic rings. The largest absolute Gasteiger partial charge is 0.466 e. The number of nitrogens with one attached hydrogen (secondary N) is 1. The van der Waals surface area contributed by atoms with Gasteiger partial charge in [-0.3, -0.25) is 9.79 Å². The maximum Gasteiger partial charge on any atom is 0.305 e. The highest BCUT2D eigenvalue weighted by Crippen LogP contribution is 2.07. The molecular formula is C18H30IN3O2. The van der Waals surface area contributed by atoms with E-state index in [1.165, 1.54) is 11.1 Å². The molecule has 0 atom stereocenters. The molecule has 0 fully saturated rings. The van der Waals surface area contributed by atoms with Crippen molar-refractivity contribution in [3.63, 3.8) is 0 Å². The van der Waals surface area contributed by atoms with Gasteiger partial charge in [-0.1, -0.05) is 31.2 Å². The fraction of sp³-hybridized carbons (Fsp3) is 0.556. The normalized spacial score (nSPS) is 10.8. The first-order valence-corrected chi connectivity index (χ1v) is 8.25. The number of hydrogen-bond donors (Lipinski definition) is 1. The van der Waals surface area contributed by atoms with Crippen molar-refractivity contribution >= 4 is 35.9 Å². The molecular weight excluding hydrogens is 417 g/mol. The zero-order valence-electron chi connectivity index (χ0n) is 15.2. The Morgan fingerprint density at radius 1 is 1.21 bits per heavy atom. The first-order chi connectivity index (χ1) is 11.1. The van der Waals surface area contributed by atoms with Crippen molar-refractivity contribution in [1.29, 1.82) is 0 Å². The van der Waals surface area contributed by atoms with Gasteiger partial charge < -0.3 is 15.0 Å². The summed E-state index contributed by atoms with van der Waals surface area (Å²) >= 11 is 0. The Kier molecular flexibility index (Phi) is 12.3. The number of hydrogen-bond acceptors (Lipinski definition) is 3. The highest BCUT2D eigenvalue weighted by Gasteiger charge is 2.07. The third-order valence-corrected chi connectivity index (χ3v) is 3.57. The zero-order valence-corrected chi connectivity index (χ0v) is 17.5. The molecule has 0 aliphatic heterocycles. The van der Waals surface area contributed by atoms with Crippen molar-refractivity contribution in [3.8, 4) is 0 Å². The third-order valence-electron chi connectivity index (χ3n) is 3.57. The van der Waals surface area contributed by atoms with Crippen LogP contribution in [0.3, 0.4) is 0 Å². The van der Waals surface area contributed by atoms with Crippen LogP contribution in [0, 0.1) is 0 Å². The number of benzene rings is 1. The smallest absolute Gasteiger partial charge is 0.305 e. The maximum atomic E-state index is 11.3. The lowest BCUT2D eigenvalue weighted by Crippen LogP contribution is -2.39. The lowest BCUT2D eigenvalue weighted by atomic mass is 10.1. The lowest BCUT2D eigenvalue weighted by molar-refractivity contribution is -0.143. The van der Waals surface area contributed by atoms with Gasteiger partial charge in [-0.05, 0) is 30.9 Å². The second-order valence-corrected chi connectivity index (χ2v) is 5.41. The Labute approximate surface area is 162 Å². The maximum absolute atomic E-state index is 11.3. The Morgan fingerprint density at radius 2 is 1.83 bits per heavy atom. The summed E-state index contributed by atoms with van der Waals surface area (Å²) in [6.07, 6.45) is 2.22. The van der Waals surface area contributed by atoms with Crippen LogP contribution < -0.4 is 5.32 Å². The first-order valence-electron chi connectivity index (χ1n) is 8.25. The van der Waals surface area contributed by atoms with E-state index in [-0.39, 0.29) is 29.9 Å². The molecule has 0 saturated carbocycles. The Bertz CT molecular complexity index is 503. The van der Waals surface area contributed by atoms with E-state index in [1.54, 1.807) is 7.05 Å². The van der Waals surface area contributed by atoms with Gasteiger partial charge in [-0.25, -0.2) is 0 Å². The molecule has 0 spiro atoms. The van der Waals surface area contributed by atoms with Crippen molar-refractivity contribution in [3.05, 3.63) is 35.4 Å². The van der Waals surface area contributed by atoms with E-state index in [0.717, 1.165) is 25.3 Å². The van der Waals surface area contributed by atoms with Crippen LogP contribution >= 0.6 is 24.0 Å². The topological polar surface area (TPSA) is 53.9 Å². The number of aliphatic imine (C=N–C) groups is 1. The monoisotopic (exact) mass is 447 g/mol. The molecule has 0 unspecified atom stereocenters. The minimum atomic E-state index is -0.145. The van der Waals surface area contributed by atoms with Gasteiger partial charge in [-0.2, -0.15) is 0 Å². The summed E-state index contributed by atoms with van der Waals surface area (Å²) in [5, 5.41) is 3.28. The summed E-state index contributed by atoms with van der Waals surface area (Å²) in [5.41, 5.74) is 2.59. The number of nitrogens with zero attached hydrogens (tertiary/aromatic N) is 2. The number of aryl methyl sites for hydroxylation is 1. The summed E-state index contributed by atoms with van der Waals surface area (Å²) in [4.78, 5) is 17.7. The van der Waals surface area contributed by atoms with Crippen molar-refractivity contribution in [2.45, 2.75) is 39.7 Å². The van der Waals surface area contributed by atoms with Crippen LogP contribution in [0.15, 0.2) is 29.3 Å². The van der Waals surface area contributed by atoms with Gasteiger partial charge in [0.2, 0.25) is 0 Å². The number of esters is 1. The van der Waals surface area contributed by atoms with Crippen molar-refractivity contribution < 1.29 is 9.53 Å². The average molecular weight is 447 g/mol. The number of guanidine groups is 1. The highest BCUT2D eigenvalue weighted by atomic mass is 127. The number of halogens is 1. The van der Waals surface area contributed by atoms with Gasteiger partial charge in [-0.15, -0.1) is 24.0 Å². The predicted octanol–water partition coefficient (Wildman–Crippen LogP) is 3.22. The summed E-state index contributed by atoms with van der Waals surface area (Å²) in [6, 6.07) is 8.64.